The van der Waals surface area contributed by atoms with Crippen molar-refractivity contribution >= 4 is 22.7 Å². The van der Waals surface area contributed by atoms with E-state index in [-0.39, 0.29) is 0 Å². The van der Waals surface area contributed by atoms with Crippen LogP contribution >= 0.6 is 22.7 Å². The molecule has 112 valence electrons. The van der Waals surface area contributed by atoms with E-state index in [9.17, 15) is 0 Å². The molecular weight excluding hydrogens is 296 g/mol. The van der Waals surface area contributed by atoms with Gasteiger partial charge >= 0.3 is 0 Å². The van der Waals surface area contributed by atoms with Crippen LogP contribution in [0.15, 0.2) is 29.0 Å². The van der Waals surface area contributed by atoms with Crippen LogP contribution in [0.1, 0.15) is 30.6 Å². The molecule has 4 heteroatoms. The molecular formula is C17H22N2S2. The molecule has 0 aromatic carbocycles. The van der Waals surface area contributed by atoms with E-state index in [1.165, 1.54) is 54.1 Å². The zero-order chi connectivity index (χ0) is 14.1. The van der Waals surface area contributed by atoms with Gasteiger partial charge in [0.25, 0.3) is 0 Å². The summed E-state index contributed by atoms with van der Waals surface area (Å²) < 4.78 is 0. The maximum absolute atomic E-state index is 3.76. The monoisotopic (exact) mass is 318 g/mol. The molecule has 2 aromatic heterocycles. The van der Waals surface area contributed by atoms with Crippen molar-refractivity contribution < 1.29 is 0 Å². The number of likely N-dealkylation sites (tertiary alicyclic amines) is 1. The quantitative estimate of drug-likeness (QED) is 0.889. The Morgan fingerprint density at radius 2 is 2.00 bits per heavy atom. The van der Waals surface area contributed by atoms with Gasteiger partial charge in [0.2, 0.25) is 0 Å². The fourth-order valence-electron chi connectivity index (χ4n) is 3.20. The third-order valence-corrected chi connectivity index (χ3v) is 6.47. The third kappa shape index (κ3) is 3.39. The molecule has 2 aliphatic rings. The molecule has 1 aliphatic carbocycles. The Morgan fingerprint density at radius 3 is 2.71 bits per heavy atom. The highest BCUT2D eigenvalue weighted by atomic mass is 32.1. The molecule has 0 unspecified atom stereocenters. The van der Waals surface area contributed by atoms with Crippen LogP contribution in [0.2, 0.25) is 0 Å². The molecule has 4 rings (SSSR count). The summed E-state index contributed by atoms with van der Waals surface area (Å²) in [5.74, 6) is 0. The fraction of sp³-hybridized carbons (Fsp3) is 0.529. The summed E-state index contributed by atoms with van der Waals surface area (Å²) in [6.07, 6.45) is 5.52. The first-order valence-corrected chi connectivity index (χ1v) is 9.73. The normalized spacial score (nSPS) is 21.0. The lowest BCUT2D eigenvalue weighted by Crippen LogP contribution is -2.42. The Labute approximate surface area is 134 Å². The number of piperidine rings is 1. The van der Waals surface area contributed by atoms with Crippen molar-refractivity contribution in [1.29, 1.82) is 0 Å². The summed E-state index contributed by atoms with van der Waals surface area (Å²) >= 11 is 3.71. The van der Waals surface area contributed by atoms with Crippen molar-refractivity contribution in [3.05, 3.63) is 33.8 Å². The van der Waals surface area contributed by atoms with E-state index >= 15 is 0 Å². The van der Waals surface area contributed by atoms with Crippen molar-refractivity contribution in [3.8, 4) is 10.4 Å². The molecule has 0 bridgehead atoms. The van der Waals surface area contributed by atoms with Crippen LogP contribution in [-0.2, 0) is 6.54 Å². The van der Waals surface area contributed by atoms with Crippen molar-refractivity contribution in [3.63, 3.8) is 0 Å². The minimum Gasteiger partial charge on any atom is -0.309 e. The molecule has 1 aliphatic heterocycles. The second-order valence-electron chi connectivity index (χ2n) is 6.20. The van der Waals surface area contributed by atoms with Crippen LogP contribution < -0.4 is 5.32 Å². The zero-order valence-electron chi connectivity index (χ0n) is 12.3. The molecule has 0 spiro atoms. The lowest BCUT2D eigenvalue weighted by molar-refractivity contribution is 0.189. The maximum atomic E-state index is 3.76. The van der Waals surface area contributed by atoms with Gasteiger partial charge in [0.1, 0.15) is 0 Å². The number of nitrogens with one attached hydrogen (secondary N) is 1. The largest absolute Gasteiger partial charge is 0.309 e. The van der Waals surface area contributed by atoms with Crippen LogP contribution in [0.3, 0.4) is 0 Å². The van der Waals surface area contributed by atoms with Crippen LogP contribution in [-0.4, -0.2) is 30.1 Å². The van der Waals surface area contributed by atoms with E-state index in [1.54, 1.807) is 0 Å². The van der Waals surface area contributed by atoms with Gasteiger partial charge in [-0.1, -0.05) is 6.07 Å². The summed E-state index contributed by atoms with van der Waals surface area (Å²) in [5.41, 5.74) is 1.38. The van der Waals surface area contributed by atoms with Gasteiger partial charge in [-0.2, -0.15) is 0 Å². The van der Waals surface area contributed by atoms with E-state index in [1.807, 2.05) is 22.7 Å². The van der Waals surface area contributed by atoms with Gasteiger partial charge in [0, 0.05) is 33.9 Å². The molecule has 3 heterocycles. The first kappa shape index (κ1) is 13.9. The van der Waals surface area contributed by atoms with E-state index in [2.05, 4.69) is 39.2 Å². The van der Waals surface area contributed by atoms with E-state index in [0.29, 0.717) is 6.04 Å². The molecule has 0 radical (unpaired) electrons. The highest BCUT2D eigenvalue weighted by Gasteiger charge is 2.31. The van der Waals surface area contributed by atoms with Crippen LogP contribution in [0.25, 0.3) is 10.4 Å². The average Bonchev–Trinajstić information content (AvgIpc) is 3.03. The highest BCUT2D eigenvalue weighted by molar-refractivity contribution is 7.14. The molecule has 1 saturated heterocycles. The van der Waals surface area contributed by atoms with Crippen LogP contribution in [0, 0.1) is 0 Å². The summed E-state index contributed by atoms with van der Waals surface area (Å²) in [7, 11) is 0. The minimum absolute atomic E-state index is 0.715. The predicted octanol–water partition coefficient (Wildman–Crippen LogP) is 4.19. The lowest BCUT2D eigenvalue weighted by atomic mass is 10.0. The maximum Gasteiger partial charge on any atom is 0.0351 e. The fourth-order valence-corrected chi connectivity index (χ4v) is 4.82. The summed E-state index contributed by atoms with van der Waals surface area (Å²) in [5, 5.41) is 8.21. The average molecular weight is 319 g/mol. The Hall–Kier alpha value is -0.680. The Bertz CT molecular complexity index is 563. The highest BCUT2D eigenvalue weighted by Crippen LogP contribution is 2.30. The van der Waals surface area contributed by atoms with Crippen LogP contribution in [0.4, 0.5) is 0 Å². The van der Waals surface area contributed by atoms with Gasteiger partial charge in [-0.15, -0.1) is 22.7 Å². The van der Waals surface area contributed by atoms with E-state index in [4.69, 9.17) is 0 Å². The smallest absolute Gasteiger partial charge is 0.0351 e. The van der Waals surface area contributed by atoms with E-state index < -0.39 is 0 Å². The Morgan fingerprint density at radius 1 is 1.14 bits per heavy atom. The molecule has 2 nitrogen and oxygen atoms in total. The van der Waals surface area contributed by atoms with Crippen molar-refractivity contribution in [2.45, 2.75) is 44.3 Å². The SMILES string of the molecule is c1csc(-c2csc(CNC3CCN(C4CC4)CC3)c2)c1. The first-order valence-electron chi connectivity index (χ1n) is 7.97. The number of hydrogen-bond donors (Lipinski definition) is 1. The van der Waals surface area contributed by atoms with Crippen molar-refractivity contribution in [1.82, 2.24) is 10.2 Å². The number of nitrogens with zero attached hydrogens (tertiary/aromatic N) is 1. The second-order valence-corrected chi connectivity index (χ2v) is 8.14. The molecule has 0 atom stereocenters. The number of hydrogen-bond acceptors (Lipinski definition) is 4. The number of rotatable bonds is 5. The van der Waals surface area contributed by atoms with Gasteiger partial charge < -0.3 is 10.2 Å². The molecule has 0 amide bonds. The van der Waals surface area contributed by atoms with Gasteiger partial charge in [-0.25, -0.2) is 0 Å². The van der Waals surface area contributed by atoms with Crippen molar-refractivity contribution in [2.75, 3.05) is 13.1 Å². The molecule has 1 N–H and O–H groups in total. The van der Waals surface area contributed by atoms with Gasteiger partial charge in [0.05, 0.1) is 0 Å². The van der Waals surface area contributed by atoms with Gasteiger partial charge in [-0.3, -0.25) is 0 Å². The molecule has 2 fully saturated rings. The minimum atomic E-state index is 0.715. The topological polar surface area (TPSA) is 15.3 Å². The second kappa shape index (κ2) is 6.21. The predicted molar refractivity (Wildman–Crippen MR) is 92.1 cm³/mol. The zero-order valence-corrected chi connectivity index (χ0v) is 13.9. The number of thiophene rings is 2. The molecule has 1 saturated carbocycles. The van der Waals surface area contributed by atoms with Gasteiger partial charge in [0.15, 0.2) is 0 Å². The standard InChI is InChI=1S/C17H22N2S2/c1-2-17(20-9-1)13-10-16(21-12-13)11-18-14-5-7-19(8-6-14)15-3-4-15/h1-2,9-10,12,14-15,18H,3-8,11H2. The Balaban J connectivity index is 1.27. The summed E-state index contributed by atoms with van der Waals surface area (Å²) in [6, 6.07) is 8.34. The lowest BCUT2D eigenvalue weighted by Gasteiger charge is -2.32. The third-order valence-electron chi connectivity index (χ3n) is 4.62. The van der Waals surface area contributed by atoms with Crippen molar-refractivity contribution in [2.24, 2.45) is 0 Å². The Kier molecular flexibility index (Phi) is 4.12. The van der Waals surface area contributed by atoms with Gasteiger partial charge in [-0.05, 0) is 61.7 Å². The summed E-state index contributed by atoms with van der Waals surface area (Å²) in [4.78, 5) is 5.54. The summed E-state index contributed by atoms with van der Waals surface area (Å²) in [6.45, 7) is 3.63. The van der Waals surface area contributed by atoms with E-state index in [0.717, 1.165) is 12.6 Å². The molecule has 21 heavy (non-hydrogen) atoms. The molecule has 2 aromatic rings. The first-order chi connectivity index (χ1) is 10.4. The van der Waals surface area contributed by atoms with Crippen LogP contribution in [0.5, 0.6) is 0 Å².